The minimum absolute atomic E-state index is 0.0120. The maximum atomic E-state index is 14.2. The number of aryl methyl sites for hydroxylation is 2. The molecule has 5 amide bonds. The summed E-state index contributed by atoms with van der Waals surface area (Å²) in [5.41, 5.74) is 4.91. The number of amides is 5. The summed E-state index contributed by atoms with van der Waals surface area (Å²) < 4.78 is 0. The number of likely N-dealkylation sites (N-methyl/N-ethyl adjacent to an activating group) is 1. The zero-order valence-electron chi connectivity index (χ0n) is 30.1. The number of urea groups is 2. The minimum Gasteiger partial charge on any atom is -0.341 e. The lowest BCUT2D eigenvalue weighted by Gasteiger charge is -2.42. The van der Waals surface area contributed by atoms with Crippen LogP contribution in [0.3, 0.4) is 0 Å². The van der Waals surface area contributed by atoms with Crippen molar-refractivity contribution in [2.75, 3.05) is 59.4 Å². The lowest BCUT2D eigenvalue weighted by atomic mass is 9.83. The molecule has 0 radical (unpaired) electrons. The molecule has 1 aliphatic carbocycles. The molecule has 4 fully saturated rings. The van der Waals surface area contributed by atoms with E-state index in [9.17, 15) is 14.4 Å². The summed E-state index contributed by atoms with van der Waals surface area (Å²) in [7, 11) is 2.18. The number of piperidine rings is 2. The number of hydrogen-bond acceptors (Lipinski definition) is 6. The predicted octanol–water partition coefficient (Wildman–Crippen LogP) is 3.71. The number of hydrogen-bond donors (Lipinski definition) is 2. The van der Waals surface area contributed by atoms with Gasteiger partial charge in [-0.05, 0) is 74.4 Å². The first-order chi connectivity index (χ1) is 24.3. The van der Waals surface area contributed by atoms with Crippen molar-refractivity contribution >= 4 is 24.2 Å². The number of rotatable bonds is 8. The quantitative estimate of drug-likeness (QED) is 0.436. The Morgan fingerprint density at radius 2 is 1.62 bits per heavy atom. The van der Waals surface area contributed by atoms with Crippen molar-refractivity contribution in [3.8, 4) is 0 Å². The molecule has 2 atom stereocenters. The zero-order chi connectivity index (χ0) is 34.8. The average molecular weight is 683 g/mol. The molecule has 1 spiro atoms. The molecule has 1 aromatic rings. The van der Waals surface area contributed by atoms with Gasteiger partial charge in [-0.3, -0.25) is 19.6 Å². The summed E-state index contributed by atoms with van der Waals surface area (Å²) >= 11 is 0. The van der Waals surface area contributed by atoms with Crippen LogP contribution in [0.2, 0.25) is 0 Å². The Balaban J connectivity index is 1.01. The van der Waals surface area contributed by atoms with Crippen molar-refractivity contribution in [2.24, 2.45) is 4.99 Å². The van der Waals surface area contributed by atoms with Crippen molar-refractivity contribution in [2.45, 2.75) is 88.9 Å². The van der Waals surface area contributed by atoms with E-state index in [2.05, 4.69) is 70.6 Å². The second kappa shape index (κ2) is 14.7. The van der Waals surface area contributed by atoms with Crippen LogP contribution in [0.25, 0.3) is 0 Å². The van der Waals surface area contributed by atoms with Gasteiger partial charge in [0, 0.05) is 83.5 Å². The molecule has 1 aromatic carbocycles. The molecule has 0 saturated carbocycles. The number of aliphatic imine (C=N–C) groups is 1. The highest BCUT2D eigenvalue weighted by molar-refractivity contribution is 5.90. The number of benzene rings is 1. The molecule has 0 bridgehead atoms. The normalized spacial score (nSPS) is 25.5. The predicted molar refractivity (Wildman–Crippen MR) is 196 cm³/mol. The van der Waals surface area contributed by atoms with E-state index in [0.29, 0.717) is 44.8 Å². The van der Waals surface area contributed by atoms with Gasteiger partial charge in [-0.2, -0.15) is 0 Å². The molecule has 7 rings (SSSR count). The van der Waals surface area contributed by atoms with Crippen molar-refractivity contribution in [3.05, 3.63) is 70.6 Å². The van der Waals surface area contributed by atoms with Crippen molar-refractivity contribution in [3.63, 3.8) is 0 Å². The minimum atomic E-state index is -0.641. The van der Waals surface area contributed by atoms with Crippen LogP contribution in [0.5, 0.6) is 0 Å². The van der Waals surface area contributed by atoms with Crippen molar-refractivity contribution in [1.82, 2.24) is 35.1 Å². The Morgan fingerprint density at radius 3 is 2.34 bits per heavy atom. The Kier molecular flexibility index (Phi) is 10.2. The van der Waals surface area contributed by atoms with E-state index >= 15 is 0 Å². The lowest BCUT2D eigenvalue weighted by Crippen LogP contribution is -2.58. The fraction of sp³-hybridized carbons (Fsp3) is 0.590. The maximum Gasteiger partial charge on any atom is 0.323 e. The number of nitrogens with zero attached hydrogens (tertiary/aromatic N) is 6. The fourth-order valence-corrected chi connectivity index (χ4v) is 8.89. The van der Waals surface area contributed by atoms with Gasteiger partial charge in [0.2, 0.25) is 5.91 Å². The van der Waals surface area contributed by atoms with Gasteiger partial charge in [-0.25, -0.2) is 9.59 Å². The van der Waals surface area contributed by atoms with Crippen LogP contribution in [-0.4, -0.2) is 132 Å². The van der Waals surface area contributed by atoms with Gasteiger partial charge < -0.3 is 25.3 Å². The highest BCUT2D eigenvalue weighted by Gasteiger charge is 2.53. The number of carbonyl (C=O) groups is 3. The van der Waals surface area contributed by atoms with E-state index in [1.807, 2.05) is 32.9 Å². The third-order valence-electron chi connectivity index (χ3n) is 11.9. The first kappa shape index (κ1) is 34.5. The Hall–Kier alpha value is -3.96. The SMILES string of the molecule is CCc1ccc(C[C@@H](NC(=O)N2CCC(N3C(=O)NC45CC=CC=C4N=CC=C35)CC2)C(=O)N2CCC(N3CCN(C)CC3)CC2)cc1CC. The van der Waals surface area contributed by atoms with Crippen LogP contribution in [0.4, 0.5) is 9.59 Å². The number of likely N-dealkylation sites (tertiary alicyclic amines) is 2. The molecule has 11 nitrogen and oxygen atoms in total. The van der Waals surface area contributed by atoms with Gasteiger partial charge in [0.05, 0.1) is 11.4 Å². The van der Waals surface area contributed by atoms with Crippen LogP contribution in [-0.2, 0) is 24.1 Å². The average Bonchev–Trinajstić information content (AvgIpc) is 3.44. The third-order valence-corrected chi connectivity index (χ3v) is 11.9. The third kappa shape index (κ3) is 6.74. The first-order valence-corrected chi connectivity index (χ1v) is 18.9. The van der Waals surface area contributed by atoms with Crippen LogP contribution in [0.1, 0.15) is 62.6 Å². The van der Waals surface area contributed by atoms with E-state index in [4.69, 9.17) is 0 Å². The van der Waals surface area contributed by atoms with E-state index in [1.54, 1.807) is 6.21 Å². The molecule has 268 valence electrons. The summed E-state index contributed by atoms with van der Waals surface area (Å²) in [6.07, 6.45) is 16.1. The van der Waals surface area contributed by atoms with Gasteiger partial charge in [0.15, 0.2) is 0 Å². The molecule has 0 aromatic heterocycles. The van der Waals surface area contributed by atoms with Gasteiger partial charge >= 0.3 is 12.1 Å². The summed E-state index contributed by atoms with van der Waals surface area (Å²) in [5.74, 6) is 0.0120. The molecule has 1 unspecified atom stereocenters. The van der Waals surface area contributed by atoms with Gasteiger partial charge in [0.25, 0.3) is 0 Å². The standard InChI is InChI=1S/C39H54N8O3/c1-4-29-10-9-28(26-30(29)5-2)27-33(36(48)45-18-12-31(13-19-45)44-24-22-43(3)23-25-44)41-37(49)46-20-14-32(15-21-46)47-35-11-17-40-34-8-6-7-16-39(34,35)42-38(47)50/h6-11,17,26,31-33H,4-5,12-16,18-25,27H2,1-3H3,(H,41,49)(H,42,50)/t33-,39?/m1/s1. The molecule has 50 heavy (non-hydrogen) atoms. The summed E-state index contributed by atoms with van der Waals surface area (Å²) in [4.78, 5) is 56.8. The largest absolute Gasteiger partial charge is 0.341 e. The molecule has 2 N–H and O–H groups in total. The van der Waals surface area contributed by atoms with E-state index in [0.717, 1.165) is 81.9 Å². The van der Waals surface area contributed by atoms with E-state index in [-0.39, 0.29) is 24.0 Å². The molecule has 5 aliphatic heterocycles. The smallest absolute Gasteiger partial charge is 0.323 e. The van der Waals surface area contributed by atoms with E-state index < -0.39 is 11.6 Å². The Labute approximate surface area is 297 Å². The summed E-state index contributed by atoms with van der Waals surface area (Å²) in [5, 5.41) is 6.43. The molecule has 6 aliphatic rings. The highest BCUT2D eigenvalue weighted by atomic mass is 16.2. The Bertz CT molecular complexity index is 1580. The van der Waals surface area contributed by atoms with Gasteiger partial charge in [0.1, 0.15) is 11.6 Å². The number of piperazine rings is 1. The zero-order valence-corrected chi connectivity index (χ0v) is 30.1. The molecular formula is C39H54N8O3. The monoisotopic (exact) mass is 682 g/mol. The topological polar surface area (TPSA) is 104 Å². The fourth-order valence-electron chi connectivity index (χ4n) is 8.89. The number of nitrogens with one attached hydrogen (secondary N) is 2. The maximum absolute atomic E-state index is 14.2. The van der Waals surface area contributed by atoms with Crippen LogP contribution in [0, 0.1) is 0 Å². The number of allylic oxidation sites excluding steroid dienone is 3. The number of dihydropyridines is 1. The lowest BCUT2D eigenvalue weighted by molar-refractivity contribution is -0.135. The van der Waals surface area contributed by atoms with Crippen LogP contribution < -0.4 is 10.6 Å². The van der Waals surface area contributed by atoms with E-state index in [1.165, 1.54) is 11.1 Å². The highest BCUT2D eigenvalue weighted by Crippen LogP contribution is 2.43. The van der Waals surface area contributed by atoms with Crippen molar-refractivity contribution in [1.29, 1.82) is 0 Å². The van der Waals surface area contributed by atoms with Crippen molar-refractivity contribution < 1.29 is 14.4 Å². The molecule has 4 saturated heterocycles. The second-order valence-electron chi connectivity index (χ2n) is 14.9. The van der Waals surface area contributed by atoms with Gasteiger partial charge in [-0.15, -0.1) is 0 Å². The molecule has 5 heterocycles. The van der Waals surface area contributed by atoms with Crippen LogP contribution in [0.15, 0.2) is 58.9 Å². The van der Waals surface area contributed by atoms with Gasteiger partial charge in [-0.1, -0.05) is 44.2 Å². The van der Waals surface area contributed by atoms with Crippen LogP contribution >= 0.6 is 0 Å². The molecular weight excluding hydrogens is 628 g/mol. The number of carbonyl (C=O) groups excluding carboxylic acids is 3. The Morgan fingerprint density at radius 1 is 0.920 bits per heavy atom. The first-order valence-electron chi connectivity index (χ1n) is 18.9. The summed E-state index contributed by atoms with van der Waals surface area (Å²) in [6, 6.07) is 6.06. The second-order valence-corrected chi connectivity index (χ2v) is 14.9. The molecule has 11 heteroatoms. The summed E-state index contributed by atoms with van der Waals surface area (Å²) in [6.45, 7) is 11.2.